The van der Waals surface area contributed by atoms with Crippen molar-refractivity contribution in [3.63, 3.8) is 0 Å². The zero-order valence-electron chi connectivity index (χ0n) is 13.8. The summed E-state index contributed by atoms with van der Waals surface area (Å²) in [5.41, 5.74) is 1.86. The van der Waals surface area contributed by atoms with Crippen LogP contribution in [0, 0.1) is 0 Å². The Balaban J connectivity index is 2.32. The molecule has 0 fully saturated rings. The molecular formula is C20H10Br3O5+. The van der Waals surface area contributed by atoms with Crippen molar-refractivity contribution in [1.29, 1.82) is 0 Å². The number of carboxylic acid groups (broad SMARTS) is 1. The fourth-order valence-corrected chi connectivity index (χ4v) is 4.77. The van der Waals surface area contributed by atoms with Crippen molar-refractivity contribution in [3.05, 3.63) is 61.4 Å². The second-order valence-corrected chi connectivity index (χ2v) is 8.44. The van der Waals surface area contributed by atoms with Gasteiger partial charge in [-0.3, -0.25) is 0 Å². The summed E-state index contributed by atoms with van der Waals surface area (Å²) in [6.07, 6.45) is 0. The van der Waals surface area contributed by atoms with E-state index < -0.39 is 5.97 Å². The minimum Gasteiger partial charge on any atom is -0.506 e. The van der Waals surface area contributed by atoms with E-state index in [0.717, 1.165) is 0 Å². The smallest absolute Gasteiger partial charge is 0.379 e. The average molecular weight is 570 g/mol. The molecule has 0 saturated carbocycles. The van der Waals surface area contributed by atoms with Gasteiger partial charge < -0.3 is 15.3 Å². The summed E-state index contributed by atoms with van der Waals surface area (Å²) >= 11 is 10.0. The number of aromatic carboxylic acids is 1. The van der Waals surface area contributed by atoms with E-state index in [1.165, 1.54) is 12.1 Å². The molecule has 0 aliphatic carbocycles. The molecule has 0 atom stereocenters. The van der Waals surface area contributed by atoms with Crippen LogP contribution in [0.15, 0.2) is 60.3 Å². The maximum Gasteiger partial charge on any atom is 0.379 e. The van der Waals surface area contributed by atoms with E-state index in [1.807, 2.05) is 0 Å². The van der Waals surface area contributed by atoms with Gasteiger partial charge in [0.05, 0.1) is 20.8 Å². The van der Waals surface area contributed by atoms with Gasteiger partial charge >= 0.3 is 17.1 Å². The van der Waals surface area contributed by atoms with Crippen molar-refractivity contribution in [2.45, 2.75) is 0 Å². The van der Waals surface area contributed by atoms with E-state index in [-0.39, 0.29) is 17.1 Å². The summed E-state index contributed by atoms with van der Waals surface area (Å²) < 4.78 is 7.07. The second kappa shape index (κ2) is 7.02. The van der Waals surface area contributed by atoms with Crippen LogP contribution in [0.25, 0.3) is 33.1 Å². The highest BCUT2D eigenvalue weighted by Crippen LogP contribution is 2.47. The molecule has 140 valence electrons. The highest BCUT2D eigenvalue weighted by Gasteiger charge is 2.29. The molecule has 1 heterocycles. The van der Waals surface area contributed by atoms with E-state index >= 15 is 0 Å². The molecule has 3 aromatic carbocycles. The molecule has 0 bridgehead atoms. The quantitative estimate of drug-likeness (QED) is 0.180. The lowest BCUT2D eigenvalue weighted by atomic mass is 9.93. The number of aromatic hydroxyl groups is 2. The number of carboxylic acids is 1. The van der Waals surface area contributed by atoms with Crippen molar-refractivity contribution in [1.82, 2.24) is 0 Å². The van der Waals surface area contributed by atoms with Gasteiger partial charge in [0, 0.05) is 5.56 Å². The lowest BCUT2D eigenvalue weighted by molar-refractivity contribution is 0.0697. The zero-order valence-corrected chi connectivity index (χ0v) is 18.6. The highest BCUT2D eigenvalue weighted by molar-refractivity contribution is 9.11. The first-order valence-corrected chi connectivity index (χ1v) is 10.3. The van der Waals surface area contributed by atoms with Crippen molar-refractivity contribution in [2.75, 3.05) is 0 Å². The average Bonchev–Trinajstić information content (AvgIpc) is 2.68. The number of phenolic OH excluding ortho intramolecular Hbond substituents is 2. The van der Waals surface area contributed by atoms with Gasteiger partial charge in [-0.05, 0) is 77.6 Å². The van der Waals surface area contributed by atoms with Crippen LogP contribution in [0.5, 0.6) is 11.5 Å². The third kappa shape index (κ3) is 2.87. The van der Waals surface area contributed by atoms with Crippen LogP contribution < -0.4 is 0 Å². The Labute approximate surface area is 183 Å². The van der Waals surface area contributed by atoms with Gasteiger partial charge in [0.1, 0.15) is 5.75 Å². The number of fused-ring (bicyclic) bond motifs is 2. The lowest BCUT2D eigenvalue weighted by Gasteiger charge is -2.11. The van der Waals surface area contributed by atoms with Crippen LogP contribution in [-0.4, -0.2) is 21.3 Å². The molecule has 28 heavy (non-hydrogen) atoms. The summed E-state index contributed by atoms with van der Waals surface area (Å²) in [4.78, 5) is 11.8. The van der Waals surface area contributed by atoms with Gasteiger partial charge in [0.25, 0.3) is 0 Å². The van der Waals surface area contributed by atoms with Gasteiger partial charge in [0.2, 0.25) is 0 Å². The van der Waals surface area contributed by atoms with E-state index in [2.05, 4.69) is 47.8 Å². The topological polar surface area (TPSA) is 89.1 Å². The molecule has 0 aliphatic rings. The molecule has 0 aliphatic heterocycles. The third-order valence-corrected chi connectivity index (χ3v) is 6.50. The number of hydrogen-bond acceptors (Lipinski definition) is 3. The van der Waals surface area contributed by atoms with Crippen LogP contribution in [0.3, 0.4) is 0 Å². The molecule has 0 amide bonds. The lowest BCUT2D eigenvalue weighted by Crippen LogP contribution is -2.00. The maximum absolute atomic E-state index is 11.8. The molecule has 0 radical (unpaired) electrons. The van der Waals surface area contributed by atoms with Crippen LogP contribution in [0.4, 0.5) is 0 Å². The van der Waals surface area contributed by atoms with Crippen molar-refractivity contribution in [2.24, 2.45) is 0 Å². The van der Waals surface area contributed by atoms with E-state index in [0.29, 0.717) is 46.5 Å². The van der Waals surface area contributed by atoms with Gasteiger partial charge in [-0.15, -0.1) is 0 Å². The Morgan fingerprint density at radius 1 is 0.893 bits per heavy atom. The van der Waals surface area contributed by atoms with Crippen LogP contribution >= 0.6 is 47.8 Å². The molecule has 0 unspecified atom stereocenters. The first kappa shape index (κ1) is 19.2. The van der Waals surface area contributed by atoms with Crippen molar-refractivity contribution < 1.29 is 24.5 Å². The third-order valence-electron chi connectivity index (χ3n) is 4.40. The Bertz CT molecular complexity index is 1300. The Morgan fingerprint density at radius 2 is 1.57 bits per heavy atom. The Hall–Kier alpha value is -2.16. The number of phenols is 2. The van der Waals surface area contributed by atoms with Crippen molar-refractivity contribution in [3.8, 4) is 22.6 Å². The fraction of sp³-hybridized carbons (Fsp3) is 0. The standard InChI is InChI=1S/C20H9Br3O5/c21-12-7-11-14(8-3-1-2-4-9(8)20(26)27)10-5-6-13(24)15(22)18(10)28-19(11)16(23)17(12)25/h1-7H,(H2-,24,25,26,27)/p+1. The normalized spacial score (nSPS) is 11.2. The monoisotopic (exact) mass is 567 g/mol. The molecule has 4 aromatic rings. The van der Waals surface area contributed by atoms with Crippen molar-refractivity contribution >= 4 is 75.7 Å². The zero-order chi connectivity index (χ0) is 20.2. The first-order chi connectivity index (χ1) is 13.3. The van der Waals surface area contributed by atoms with E-state index in [4.69, 9.17) is 4.42 Å². The largest absolute Gasteiger partial charge is 0.506 e. The molecule has 4 rings (SSSR count). The highest BCUT2D eigenvalue weighted by atomic mass is 79.9. The molecule has 5 nitrogen and oxygen atoms in total. The van der Waals surface area contributed by atoms with Gasteiger partial charge in [-0.25, -0.2) is 9.21 Å². The predicted molar refractivity (Wildman–Crippen MR) is 117 cm³/mol. The summed E-state index contributed by atoms with van der Waals surface area (Å²) in [5.74, 6) is -1.14. The first-order valence-electron chi connectivity index (χ1n) is 7.92. The minimum atomic E-state index is -1.06. The summed E-state index contributed by atoms with van der Waals surface area (Å²) in [6.45, 7) is 0. The fourth-order valence-electron chi connectivity index (χ4n) is 3.14. The number of benzene rings is 3. The van der Waals surface area contributed by atoms with E-state index in [9.17, 15) is 20.1 Å². The van der Waals surface area contributed by atoms with Gasteiger partial charge in [-0.1, -0.05) is 18.2 Å². The number of hydrogen-bond donors (Lipinski definition) is 3. The Morgan fingerprint density at radius 3 is 2.29 bits per heavy atom. The number of rotatable bonds is 2. The molecule has 3 N–H and O–H groups in total. The van der Waals surface area contributed by atoms with Crippen LogP contribution in [0.2, 0.25) is 0 Å². The van der Waals surface area contributed by atoms with Gasteiger partial charge in [0.15, 0.2) is 14.7 Å². The number of carbonyl (C=O) groups is 1. The molecule has 0 saturated heterocycles. The molecule has 0 spiro atoms. The second-order valence-electron chi connectivity index (χ2n) is 6.00. The molecule has 8 heteroatoms. The van der Waals surface area contributed by atoms with Crippen LogP contribution in [0.1, 0.15) is 10.4 Å². The molecule has 1 aromatic heterocycles. The van der Waals surface area contributed by atoms with E-state index in [1.54, 1.807) is 30.3 Å². The summed E-state index contributed by atoms with van der Waals surface area (Å²) in [7, 11) is 0. The summed E-state index contributed by atoms with van der Waals surface area (Å²) in [5, 5.41) is 31.3. The Kier molecular flexibility index (Phi) is 4.81. The predicted octanol–water partition coefficient (Wildman–Crippen LogP) is 6.93. The van der Waals surface area contributed by atoms with Crippen LogP contribution in [-0.2, 0) is 0 Å². The SMILES string of the molecule is O=C(O)c1ccccc1-c1c2ccc(O)c(Br)c2[o+]c2c(Br)c(O)c(Br)cc12. The minimum absolute atomic E-state index is 0.0227. The molecular weight excluding hydrogens is 560 g/mol. The number of halogens is 3. The maximum atomic E-state index is 11.8. The van der Waals surface area contributed by atoms with Gasteiger partial charge in [-0.2, -0.15) is 0 Å². The summed E-state index contributed by atoms with van der Waals surface area (Å²) in [6, 6.07) is 11.5.